The highest BCUT2D eigenvalue weighted by atomic mass is 19.4. The van der Waals surface area contributed by atoms with Crippen molar-refractivity contribution in [2.24, 2.45) is 0 Å². The number of fused-ring (bicyclic) bond motifs is 1. The van der Waals surface area contributed by atoms with Crippen LogP contribution in [-0.2, 0) is 0 Å². The van der Waals surface area contributed by atoms with Gasteiger partial charge in [-0.15, -0.1) is 13.2 Å². The Morgan fingerprint density at radius 3 is 2.68 bits per heavy atom. The van der Waals surface area contributed by atoms with Crippen molar-refractivity contribution in [2.45, 2.75) is 13.3 Å². The van der Waals surface area contributed by atoms with E-state index in [2.05, 4.69) is 35.3 Å². The molecule has 3 aromatic heterocycles. The summed E-state index contributed by atoms with van der Waals surface area (Å²) in [6.07, 6.45) is 0.232. The van der Waals surface area contributed by atoms with Gasteiger partial charge in [0.25, 0.3) is 5.91 Å². The largest absolute Gasteiger partial charge is 0.573 e. The van der Waals surface area contributed by atoms with E-state index in [1.165, 1.54) is 24.3 Å². The molecular weight excluding hydrogens is 485 g/mol. The van der Waals surface area contributed by atoms with E-state index < -0.39 is 12.3 Å². The number of rotatable bonds is 6. The molecule has 0 saturated carbocycles. The standard InChI is InChI=1S/C26H19F3N6O2/c1-15-4-5-18(13-22(15)35-25-31-10-8-21(34-25)16-3-2-9-30-14-16)32-24(36)23-12-17-11-19(37-26(27,28)29)6-7-20(17)33-23/h2-14,33H,1H3,(H,32,36)(H,31,34,35). The monoisotopic (exact) mass is 504 g/mol. The minimum Gasteiger partial charge on any atom is -0.406 e. The molecule has 0 spiro atoms. The van der Waals surface area contributed by atoms with Crippen molar-refractivity contribution in [1.29, 1.82) is 0 Å². The van der Waals surface area contributed by atoms with Crippen LogP contribution in [0.25, 0.3) is 22.2 Å². The Morgan fingerprint density at radius 2 is 1.89 bits per heavy atom. The van der Waals surface area contributed by atoms with Gasteiger partial charge < -0.3 is 20.4 Å². The number of halogens is 3. The molecule has 5 rings (SSSR count). The summed E-state index contributed by atoms with van der Waals surface area (Å²) in [5, 5.41) is 6.37. The Morgan fingerprint density at radius 1 is 1.03 bits per heavy atom. The first-order valence-corrected chi connectivity index (χ1v) is 11.0. The number of hydrogen-bond donors (Lipinski definition) is 3. The smallest absolute Gasteiger partial charge is 0.406 e. The Kier molecular flexibility index (Phi) is 6.18. The van der Waals surface area contributed by atoms with E-state index in [-0.39, 0.29) is 11.4 Å². The molecule has 0 saturated heterocycles. The van der Waals surface area contributed by atoms with Gasteiger partial charge >= 0.3 is 6.36 Å². The first-order valence-electron chi connectivity index (χ1n) is 11.0. The maximum atomic E-state index is 12.8. The third-order valence-electron chi connectivity index (χ3n) is 5.43. The molecule has 11 heteroatoms. The third-order valence-corrected chi connectivity index (χ3v) is 5.43. The van der Waals surface area contributed by atoms with Crippen LogP contribution in [-0.4, -0.2) is 32.2 Å². The topological polar surface area (TPSA) is 105 Å². The maximum Gasteiger partial charge on any atom is 0.573 e. The summed E-state index contributed by atoms with van der Waals surface area (Å²) >= 11 is 0. The number of aromatic amines is 1. The summed E-state index contributed by atoms with van der Waals surface area (Å²) in [6.45, 7) is 1.90. The van der Waals surface area contributed by atoms with Crippen molar-refractivity contribution >= 4 is 34.1 Å². The third kappa shape index (κ3) is 5.67. The van der Waals surface area contributed by atoms with Gasteiger partial charge in [-0.1, -0.05) is 6.07 Å². The van der Waals surface area contributed by atoms with E-state index in [1.807, 2.05) is 25.1 Å². The summed E-state index contributed by atoms with van der Waals surface area (Å²) in [5.74, 6) is -0.449. The van der Waals surface area contributed by atoms with E-state index in [1.54, 1.807) is 36.8 Å². The van der Waals surface area contributed by atoms with Crippen LogP contribution in [0.2, 0.25) is 0 Å². The summed E-state index contributed by atoms with van der Waals surface area (Å²) in [7, 11) is 0. The predicted octanol–water partition coefficient (Wildman–Crippen LogP) is 6.22. The molecule has 1 amide bonds. The average Bonchev–Trinajstić information content (AvgIpc) is 3.29. The molecular formula is C26H19F3N6O2. The zero-order chi connectivity index (χ0) is 26.0. The number of alkyl halides is 3. The number of hydrogen-bond acceptors (Lipinski definition) is 6. The number of aromatic nitrogens is 4. The van der Waals surface area contributed by atoms with Crippen molar-refractivity contribution < 1.29 is 22.7 Å². The number of pyridine rings is 1. The van der Waals surface area contributed by atoms with Crippen LogP contribution in [0.5, 0.6) is 5.75 Å². The lowest BCUT2D eigenvalue weighted by Gasteiger charge is -2.12. The Labute approximate surface area is 208 Å². The molecule has 37 heavy (non-hydrogen) atoms. The number of nitrogens with zero attached hydrogens (tertiary/aromatic N) is 3. The lowest BCUT2D eigenvalue weighted by Crippen LogP contribution is -2.16. The predicted molar refractivity (Wildman–Crippen MR) is 133 cm³/mol. The van der Waals surface area contributed by atoms with Crippen molar-refractivity contribution in [1.82, 2.24) is 19.9 Å². The molecule has 2 aromatic carbocycles. The fourth-order valence-electron chi connectivity index (χ4n) is 3.68. The van der Waals surface area contributed by atoms with E-state index >= 15 is 0 Å². The number of aryl methyl sites for hydroxylation is 1. The molecule has 186 valence electrons. The van der Waals surface area contributed by atoms with Gasteiger partial charge in [0.15, 0.2) is 0 Å². The highest BCUT2D eigenvalue weighted by Crippen LogP contribution is 2.28. The molecule has 0 radical (unpaired) electrons. The minimum absolute atomic E-state index is 0.182. The molecule has 0 aliphatic carbocycles. The van der Waals surface area contributed by atoms with E-state index in [4.69, 9.17) is 0 Å². The Hall–Kier alpha value is -4.93. The number of anilines is 3. The van der Waals surface area contributed by atoms with E-state index in [0.717, 1.165) is 11.1 Å². The van der Waals surface area contributed by atoms with Crippen molar-refractivity contribution in [3.8, 4) is 17.0 Å². The molecule has 0 atom stereocenters. The second-order valence-corrected chi connectivity index (χ2v) is 8.10. The van der Waals surface area contributed by atoms with Gasteiger partial charge in [0.05, 0.1) is 5.69 Å². The molecule has 5 aromatic rings. The molecule has 0 unspecified atom stereocenters. The van der Waals surface area contributed by atoms with Gasteiger partial charge in [-0.2, -0.15) is 0 Å². The van der Waals surface area contributed by atoms with Gasteiger partial charge in [-0.3, -0.25) is 9.78 Å². The fraction of sp³-hybridized carbons (Fsp3) is 0.0769. The van der Waals surface area contributed by atoms with Gasteiger partial charge in [-0.25, -0.2) is 9.97 Å². The zero-order valence-electron chi connectivity index (χ0n) is 19.3. The average molecular weight is 504 g/mol. The molecule has 3 N–H and O–H groups in total. The molecule has 0 fully saturated rings. The number of ether oxygens (including phenoxy) is 1. The van der Waals surface area contributed by atoms with Crippen LogP contribution >= 0.6 is 0 Å². The summed E-state index contributed by atoms with van der Waals surface area (Å²) in [4.78, 5) is 28.7. The maximum absolute atomic E-state index is 12.8. The van der Waals surface area contributed by atoms with Gasteiger partial charge in [0, 0.05) is 46.4 Å². The van der Waals surface area contributed by atoms with Gasteiger partial charge in [0.2, 0.25) is 5.95 Å². The van der Waals surface area contributed by atoms with Crippen LogP contribution in [0.3, 0.4) is 0 Å². The Balaban J connectivity index is 1.33. The Bertz CT molecular complexity index is 1580. The minimum atomic E-state index is -4.80. The van der Waals surface area contributed by atoms with Crippen LogP contribution in [0.1, 0.15) is 16.1 Å². The summed E-state index contributed by atoms with van der Waals surface area (Å²) in [6, 6.07) is 16.1. The molecule has 0 aliphatic heterocycles. The van der Waals surface area contributed by atoms with Crippen LogP contribution in [0.4, 0.5) is 30.5 Å². The van der Waals surface area contributed by atoms with Crippen LogP contribution < -0.4 is 15.4 Å². The van der Waals surface area contributed by atoms with Crippen molar-refractivity contribution in [3.63, 3.8) is 0 Å². The SMILES string of the molecule is Cc1ccc(NC(=O)c2cc3cc(OC(F)(F)F)ccc3[nH]2)cc1Nc1nccc(-c2cccnc2)n1. The summed E-state index contributed by atoms with van der Waals surface area (Å²) in [5.41, 5.74) is 4.32. The number of carbonyl (C=O) groups excluding carboxylic acids is 1. The second kappa shape index (κ2) is 9.61. The molecule has 0 bridgehead atoms. The highest BCUT2D eigenvalue weighted by molar-refractivity contribution is 6.06. The molecule has 3 heterocycles. The van der Waals surface area contributed by atoms with Crippen molar-refractivity contribution in [3.05, 3.63) is 90.5 Å². The van der Waals surface area contributed by atoms with Crippen LogP contribution in [0, 0.1) is 6.92 Å². The number of H-pyrrole nitrogens is 1. The quantitative estimate of drug-likeness (QED) is 0.254. The lowest BCUT2D eigenvalue weighted by molar-refractivity contribution is -0.274. The number of nitrogens with one attached hydrogen (secondary N) is 3. The van der Waals surface area contributed by atoms with Crippen molar-refractivity contribution in [2.75, 3.05) is 10.6 Å². The number of amides is 1. The first-order chi connectivity index (χ1) is 17.7. The normalized spacial score (nSPS) is 11.4. The van der Waals surface area contributed by atoms with Gasteiger partial charge in [-0.05, 0) is 67.1 Å². The van der Waals surface area contributed by atoms with Gasteiger partial charge in [0.1, 0.15) is 11.4 Å². The highest BCUT2D eigenvalue weighted by Gasteiger charge is 2.31. The first kappa shape index (κ1) is 23.8. The zero-order valence-corrected chi connectivity index (χ0v) is 19.3. The second-order valence-electron chi connectivity index (χ2n) is 8.10. The number of carbonyl (C=O) groups is 1. The van der Waals surface area contributed by atoms with E-state index in [9.17, 15) is 18.0 Å². The summed E-state index contributed by atoms with van der Waals surface area (Å²) < 4.78 is 41.5. The van der Waals surface area contributed by atoms with Crippen LogP contribution in [0.15, 0.2) is 79.3 Å². The molecule has 0 aliphatic rings. The van der Waals surface area contributed by atoms with E-state index in [0.29, 0.717) is 33.9 Å². The molecule has 8 nitrogen and oxygen atoms in total. The lowest BCUT2D eigenvalue weighted by atomic mass is 10.1. The fourth-order valence-corrected chi connectivity index (χ4v) is 3.68. The number of benzene rings is 2.